The molecule has 0 heterocycles. The lowest BCUT2D eigenvalue weighted by Gasteiger charge is -2.26. The molecule has 0 N–H and O–H groups in total. The smallest absolute Gasteiger partial charge is 0.343 e. The van der Waals surface area contributed by atoms with Crippen LogP contribution in [-0.4, -0.2) is 5.97 Å². The van der Waals surface area contributed by atoms with Crippen molar-refractivity contribution in [1.29, 1.82) is 0 Å². The molecule has 0 radical (unpaired) electrons. The van der Waals surface area contributed by atoms with E-state index in [9.17, 15) is 4.79 Å². The molecular formula is C35H39NO2. The van der Waals surface area contributed by atoms with Crippen LogP contribution in [0.3, 0.4) is 0 Å². The van der Waals surface area contributed by atoms with Crippen molar-refractivity contribution in [1.82, 2.24) is 0 Å². The van der Waals surface area contributed by atoms with Crippen LogP contribution in [0.15, 0.2) is 103 Å². The van der Waals surface area contributed by atoms with Crippen LogP contribution < -0.4 is 9.64 Å². The second kappa shape index (κ2) is 13.1. The van der Waals surface area contributed by atoms with Crippen molar-refractivity contribution in [3.63, 3.8) is 0 Å². The number of hydrogen-bond donors (Lipinski definition) is 0. The Morgan fingerprint density at radius 3 is 1.63 bits per heavy atom. The first-order valence-corrected chi connectivity index (χ1v) is 13.6. The summed E-state index contributed by atoms with van der Waals surface area (Å²) in [5, 5.41) is 0. The van der Waals surface area contributed by atoms with Crippen LogP contribution in [0.4, 0.5) is 5.69 Å². The summed E-state index contributed by atoms with van der Waals surface area (Å²) in [5.41, 5.74) is 6.74. The van der Waals surface area contributed by atoms with Crippen molar-refractivity contribution < 1.29 is 9.53 Å². The van der Waals surface area contributed by atoms with Crippen LogP contribution >= 0.6 is 0 Å². The van der Waals surface area contributed by atoms with Crippen LogP contribution in [0.5, 0.6) is 5.75 Å². The Hall–Kier alpha value is -3.85. The minimum Gasteiger partial charge on any atom is -0.423 e. The predicted octanol–water partition coefficient (Wildman–Crippen LogP) is 8.51. The second-order valence-electron chi connectivity index (χ2n) is 10.9. The highest BCUT2D eigenvalue weighted by Gasteiger charge is 2.14. The van der Waals surface area contributed by atoms with Crippen LogP contribution in [0.25, 0.3) is 0 Å². The number of benzene rings is 4. The minimum atomic E-state index is -0.353. The van der Waals surface area contributed by atoms with Gasteiger partial charge in [-0.2, -0.15) is 0 Å². The highest BCUT2D eigenvalue weighted by atomic mass is 16.5. The maximum absolute atomic E-state index is 12.9. The van der Waals surface area contributed by atoms with E-state index in [0.29, 0.717) is 23.1 Å². The molecule has 0 spiro atoms. The van der Waals surface area contributed by atoms with Gasteiger partial charge < -0.3 is 9.64 Å². The molecule has 0 aliphatic heterocycles. The Balaban J connectivity index is 1.57. The van der Waals surface area contributed by atoms with E-state index in [1.807, 2.05) is 36.4 Å². The summed E-state index contributed by atoms with van der Waals surface area (Å²) in [6, 6.07) is 34.8. The Labute approximate surface area is 228 Å². The van der Waals surface area contributed by atoms with Crippen molar-refractivity contribution in [2.45, 2.75) is 53.6 Å². The van der Waals surface area contributed by atoms with Gasteiger partial charge in [0.15, 0.2) is 0 Å². The molecule has 0 saturated carbocycles. The number of carbonyl (C=O) groups excluding carboxylic acids is 1. The SMILES string of the molecule is CC(C)Cc1ccc(CN(Cc2ccc(CC(C)C)cc2)c2cccc(C(=O)Oc3ccccc3)c2)cc1. The van der Waals surface area contributed by atoms with Gasteiger partial charge >= 0.3 is 5.97 Å². The minimum absolute atomic E-state index is 0.353. The van der Waals surface area contributed by atoms with Gasteiger partial charge in [0, 0.05) is 18.8 Å². The lowest BCUT2D eigenvalue weighted by atomic mass is 10.0. The molecule has 4 rings (SSSR count). The molecule has 0 fully saturated rings. The van der Waals surface area contributed by atoms with E-state index >= 15 is 0 Å². The maximum atomic E-state index is 12.9. The number of esters is 1. The Morgan fingerprint density at radius 2 is 1.13 bits per heavy atom. The number of ether oxygens (including phenoxy) is 1. The summed E-state index contributed by atoms with van der Waals surface area (Å²) in [5.74, 6) is 1.46. The number of para-hydroxylation sites is 1. The van der Waals surface area contributed by atoms with Gasteiger partial charge in [-0.25, -0.2) is 4.79 Å². The van der Waals surface area contributed by atoms with Gasteiger partial charge in [0.2, 0.25) is 0 Å². The normalized spacial score (nSPS) is 11.1. The van der Waals surface area contributed by atoms with Crippen molar-refractivity contribution in [2.75, 3.05) is 4.90 Å². The summed E-state index contributed by atoms with van der Waals surface area (Å²) >= 11 is 0. The average Bonchev–Trinajstić information content (AvgIpc) is 2.90. The zero-order valence-electron chi connectivity index (χ0n) is 23.1. The molecule has 4 aromatic rings. The molecule has 3 nitrogen and oxygen atoms in total. The molecule has 196 valence electrons. The van der Waals surface area contributed by atoms with E-state index in [1.165, 1.54) is 22.3 Å². The van der Waals surface area contributed by atoms with Gasteiger partial charge in [-0.3, -0.25) is 0 Å². The van der Waals surface area contributed by atoms with Crippen molar-refractivity contribution in [3.8, 4) is 5.75 Å². The molecule has 0 aliphatic rings. The lowest BCUT2D eigenvalue weighted by molar-refractivity contribution is 0.0735. The molecule has 4 aromatic carbocycles. The third kappa shape index (κ3) is 8.08. The topological polar surface area (TPSA) is 29.5 Å². The van der Waals surface area contributed by atoms with Crippen molar-refractivity contribution >= 4 is 11.7 Å². The van der Waals surface area contributed by atoms with Crippen molar-refractivity contribution in [2.24, 2.45) is 11.8 Å². The molecule has 0 saturated heterocycles. The van der Waals surface area contributed by atoms with Crippen molar-refractivity contribution in [3.05, 3.63) is 131 Å². The molecule has 38 heavy (non-hydrogen) atoms. The van der Waals surface area contributed by atoms with E-state index < -0.39 is 0 Å². The lowest BCUT2D eigenvalue weighted by Crippen LogP contribution is -2.22. The summed E-state index contributed by atoms with van der Waals surface area (Å²) in [6.07, 6.45) is 2.16. The van der Waals surface area contributed by atoms with E-state index in [4.69, 9.17) is 4.74 Å². The monoisotopic (exact) mass is 505 g/mol. The summed E-state index contributed by atoms with van der Waals surface area (Å²) in [4.78, 5) is 15.2. The number of rotatable bonds is 11. The molecule has 0 aromatic heterocycles. The third-order valence-electron chi connectivity index (χ3n) is 6.48. The first-order valence-electron chi connectivity index (χ1n) is 13.6. The first kappa shape index (κ1) is 27.2. The van der Waals surface area contributed by atoms with E-state index in [0.717, 1.165) is 31.6 Å². The van der Waals surface area contributed by atoms with Gasteiger partial charge in [-0.05, 0) is 77.3 Å². The third-order valence-corrected chi connectivity index (χ3v) is 6.48. The largest absolute Gasteiger partial charge is 0.423 e. The molecule has 3 heteroatoms. The zero-order valence-corrected chi connectivity index (χ0v) is 23.1. The van der Waals surface area contributed by atoms with Gasteiger partial charge in [-0.1, -0.05) is 100 Å². The van der Waals surface area contributed by atoms with Crippen LogP contribution in [0, 0.1) is 11.8 Å². The van der Waals surface area contributed by atoms with Gasteiger partial charge in [0.05, 0.1) is 5.56 Å². The molecule has 0 aliphatic carbocycles. The fraction of sp³-hybridized carbons (Fsp3) is 0.286. The van der Waals surface area contributed by atoms with Gasteiger partial charge in [0.1, 0.15) is 5.75 Å². The Bertz CT molecular complexity index is 1240. The fourth-order valence-corrected chi connectivity index (χ4v) is 4.67. The number of anilines is 1. The summed E-state index contributed by atoms with van der Waals surface area (Å²) in [6.45, 7) is 10.5. The number of hydrogen-bond acceptors (Lipinski definition) is 3. The Kier molecular flexibility index (Phi) is 9.37. The molecule has 0 atom stereocenters. The molecule has 0 unspecified atom stereocenters. The highest BCUT2D eigenvalue weighted by Crippen LogP contribution is 2.24. The Morgan fingerprint density at radius 1 is 0.632 bits per heavy atom. The fourth-order valence-electron chi connectivity index (χ4n) is 4.67. The highest BCUT2D eigenvalue weighted by molar-refractivity contribution is 5.92. The van der Waals surface area contributed by atoms with Crippen LogP contribution in [-0.2, 0) is 25.9 Å². The van der Waals surface area contributed by atoms with Crippen LogP contribution in [0.1, 0.15) is 60.3 Å². The second-order valence-corrected chi connectivity index (χ2v) is 10.9. The number of carbonyl (C=O) groups is 1. The van der Waals surface area contributed by atoms with E-state index in [1.54, 1.807) is 12.1 Å². The average molecular weight is 506 g/mol. The standard InChI is InChI=1S/C35H39NO2/c1-26(2)21-28-13-17-30(18-14-28)24-36(25-31-19-15-29(16-20-31)22-27(3)4)33-10-8-9-32(23-33)35(37)38-34-11-6-5-7-12-34/h5-20,23,26-27H,21-22,24-25H2,1-4H3. The van der Waals surface area contributed by atoms with E-state index in [-0.39, 0.29) is 5.97 Å². The summed E-state index contributed by atoms with van der Waals surface area (Å²) in [7, 11) is 0. The van der Waals surface area contributed by atoms with Crippen LogP contribution in [0.2, 0.25) is 0 Å². The quantitative estimate of drug-likeness (QED) is 0.151. The predicted molar refractivity (Wildman–Crippen MR) is 158 cm³/mol. The van der Waals surface area contributed by atoms with Gasteiger partial charge in [0.25, 0.3) is 0 Å². The molecular weight excluding hydrogens is 466 g/mol. The molecule has 0 amide bonds. The van der Waals surface area contributed by atoms with E-state index in [2.05, 4.69) is 87.2 Å². The summed E-state index contributed by atoms with van der Waals surface area (Å²) < 4.78 is 5.60. The van der Waals surface area contributed by atoms with Gasteiger partial charge in [-0.15, -0.1) is 0 Å². The number of nitrogens with zero attached hydrogens (tertiary/aromatic N) is 1. The maximum Gasteiger partial charge on any atom is 0.343 e. The zero-order chi connectivity index (χ0) is 26.9. The molecule has 0 bridgehead atoms. The first-order chi connectivity index (χ1) is 18.4.